The molecule has 8 nitrogen and oxygen atoms in total. The van der Waals surface area contributed by atoms with Crippen LogP contribution in [0.2, 0.25) is 0 Å². The second kappa shape index (κ2) is 11.0. The number of benzene rings is 2. The molecule has 176 valence electrons. The number of H-pyrrole nitrogens is 1. The van der Waals surface area contributed by atoms with Gasteiger partial charge in [0.15, 0.2) is 0 Å². The molecule has 1 saturated carbocycles. The summed E-state index contributed by atoms with van der Waals surface area (Å²) in [5, 5.41) is 30.9. The Balaban J connectivity index is 0.00000153. The van der Waals surface area contributed by atoms with Crippen molar-refractivity contribution in [2.75, 3.05) is 11.9 Å². The maximum atomic E-state index is 11.4. The lowest BCUT2D eigenvalue weighted by Crippen LogP contribution is -2.50. The molecule has 3 aromatic rings. The summed E-state index contributed by atoms with van der Waals surface area (Å²) in [6.07, 6.45) is 3.82. The van der Waals surface area contributed by atoms with Gasteiger partial charge in [0, 0.05) is 17.3 Å². The molecule has 0 radical (unpaired) electrons. The Morgan fingerprint density at radius 2 is 1.82 bits per heavy atom. The molecule has 10 heteroatoms. The number of anilines is 1. The first-order valence-corrected chi connectivity index (χ1v) is 10.8. The van der Waals surface area contributed by atoms with E-state index in [4.69, 9.17) is 0 Å². The number of carbonyl (C=O) groups is 1. The smallest absolute Gasteiger partial charge is 0.320 e. The maximum Gasteiger partial charge on any atom is 0.320 e. The molecule has 0 spiro atoms. The van der Waals surface area contributed by atoms with Crippen LogP contribution in [0.1, 0.15) is 25.7 Å². The van der Waals surface area contributed by atoms with E-state index in [2.05, 4.69) is 55.5 Å². The third kappa shape index (κ3) is 5.46. The first-order chi connectivity index (χ1) is 15.2. The Kier molecular flexibility index (Phi) is 8.29. The molecular weight excluding hydrogens is 463 g/mol. The quantitative estimate of drug-likeness (QED) is 0.426. The predicted molar refractivity (Wildman–Crippen MR) is 132 cm³/mol. The van der Waals surface area contributed by atoms with Gasteiger partial charge < -0.3 is 15.7 Å². The summed E-state index contributed by atoms with van der Waals surface area (Å²) in [6, 6.07) is 16.4. The van der Waals surface area contributed by atoms with Crippen LogP contribution in [0.5, 0.6) is 0 Å². The van der Waals surface area contributed by atoms with Crippen molar-refractivity contribution in [2.45, 2.75) is 37.8 Å². The molecule has 0 amide bonds. The van der Waals surface area contributed by atoms with Crippen molar-refractivity contribution < 1.29 is 9.90 Å². The summed E-state index contributed by atoms with van der Waals surface area (Å²) in [7, 11) is 0. The summed E-state index contributed by atoms with van der Waals surface area (Å²) >= 11 is 0. The second-order valence-electron chi connectivity index (χ2n) is 8.57. The number of nitrogens with one attached hydrogen (secondary N) is 3. The van der Waals surface area contributed by atoms with Gasteiger partial charge in [-0.25, -0.2) is 0 Å². The number of hydrogen-bond acceptors (Lipinski definition) is 6. The summed E-state index contributed by atoms with van der Waals surface area (Å²) in [5.41, 5.74) is 4.16. The zero-order valence-electron chi connectivity index (χ0n) is 18.0. The number of carboxylic acid groups (broad SMARTS) is 1. The number of aromatic nitrogens is 4. The van der Waals surface area contributed by atoms with Crippen LogP contribution in [0.3, 0.4) is 0 Å². The minimum Gasteiger partial charge on any atom is -0.480 e. The second-order valence-corrected chi connectivity index (χ2v) is 8.57. The standard InChI is InChI=1S/C23H26N6O2.2ClH/c30-23(31)21-12-17-10-18(8-6-16(17)13-24-21)25-20-11-15(14-4-2-1-3-5-14)7-9-19(20)22-26-28-29-27-22;;/h1-5,7,9,11,16-18,21,24-25H,6,8,10,12-13H2,(H,30,31)(H,26,27,28,29);2*1H/t16-,17+,18-,21-;;/m0../s1. The van der Waals surface area contributed by atoms with Gasteiger partial charge in [0.25, 0.3) is 0 Å². The van der Waals surface area contributed by atoms with Crippen molar-refractivity contribution in [2.24, 2.45) is 11.8 Å². The number of carboxylic acids is 1. The van der Waals surface area contributed by atoms with Crippen LogP contribution in [-0.4, -0.2) is 50.3 Å². The minimum atomic E-state index is -0.747. The average Bonchev–Trinajstić information content (AvgIpc) is 3.34. The number of aromatic amines is 1. The van der Waals surface area contributed by atoms with E-state index in [1.54, 1.807) is 0 Å². The van der Waals surface area contributed by atoms with Gasteiger partial charge in [-0.05, 0) is 72.5 Å². The number of piperidine rings is 1. The van der Waals surface area contributed by atoms with E-state index in [0.717, 1.165) is 48.2 Å². The fraction of sp³-hybridized carbons (Fsp3) is 0.391. The number of aliphatic carboxylic acids is 1. The highest BCUT2D eigenvalue weighted by Gasteiger charge is 2.37. The monoisotopic (exact) mass is 490 g/mol. The van der Waals surface area contributed by atoms with Gasteiger partial charge in [0.05, 0.1) is 0 Å². The topological polar surface area (TPSA) is 116 Å². The van der Waals surface area contributed by atoms with Crippen LogP contribution in [0.15, 0.2) is 48.5 Å². The van der Waals surface area contributed by atoms with Gasteiger partial charge >= 0.3 is 5.97 Å². The Hall–Kier alpha value is -2.68. The van der Waals surface area contributed by atoms with E-state index < -0.39 is 12.0 Å². The molecule has 0 bridgehead atoms. The first-order valence-electron chi connectivity index (χ1n) is 10.8. The summed E-state index contributed by atoms with van der Waals surface area (Å²) in [5.74, 6) is 0.785. The average molecular weight is 491 g/mol. The third-order valence-corrected chi connectivity index (χ3v) is 6.68. The van der Waals surface area contributed by atoms with Crippen molar-refractivity contribution in [3.8, 4) is 22.5 Å². The molecule has 2 aliphatic rings. The summed E-state index contributed by atoms with van der Waals surface area (Å²) in [6.45, 7) is 0.798. The number of rotatable bonds is 5. The Morgan fingerprint density at radius 3 is 2.55 bits per heavy atom. The van der Waals surface area contributed by atoms with Crippen LogP contribution in [0.25, 0.3) is 22.5 Å². The molecule has 2 aromatic carbocycles. The molecular formula is C23H28Cl2N6O2. The number of hydrogen-bond donors (Lipinski definition) is 4. The highest BCUT2D eigenvalue weighted by Crippen LogP contribution is 2.38. The van der Waals surface area contributed by atoms with E-state index in [9.17, 15) is 9.90 Å². The van der Waals surface area contributed by atoms with E-state index in [1.807, 2.05) is 24.3 Å². The number of halogens is 2. The Labute approximate surface area is 204 Å². The molecule has 1 aromatic heterocycles. The van der Waals surface area contributed by atoms with E-state index >= 15 is 0 Å². The van der Waals surface area contributed by atoms with Gasteiger partial charge in [-0.15, -0.1) is 35.0 Å². The molecule has 0 unspecified atom stereocenters. The molecule has 4 atom stereocenters. The van der Waals surface area contributed by atoms with Crippen LogP contribution >= 0.6 is 24.8 Å². The SMILES string of the molecule is Cl.Cl.O=C(O)[C@@H]1C[C@H]2C[C@@H](Nc3cc(-c4ccccc4)ccc3-c3nn[nH]n3)CC[C@H]2CN1. The molecule has 1 aliphatic carbocycles. The van der Waals surface area contributed by atoms with Crippen molar-refractivity contribution in [3.05, 3.63) is 48.5 Å². The largest absolute Gasteiger partial charge is 0.480 e. The van der Waals surface area contributed by atoms with Crippen molar-refractivity contribution >= 4 is 36.5 Å². The van der Waals surface area contributed by atoms with Crippen molar-refractivity contribution in [3.63, 3.8) is 0 Å². The molecule has 5 rings (SSSR count). The van der Waals surface area contributed by atoms with Crippen molar-refractivity contribution in [1.29, 1.82) is 0 Å². The molecule has 1 aliphatic heterocycles. The number of nitrogens with zero attached hydrogens (tertiary/aromatic N) is 3. The summed E-state index contributed by atoms with van der Waals surface area (Å²) in [4.78, 5) is 11.4. The normalized spacial score (nSPS) is 24.0. The number of fused-ring (bicyclic) bond motifs is 1. The highest BCUT2D eigenvalue weighted by molar-refractivity contribution is 5.85. The van der Waals surface area contributed by atoms with E-state index in [0.29, 0.717) is 24.1 Å². The predicted octanol–water partition coefficient (Wildman–Crippen LogP) is 4.02. The molecule has 4 N–H and O–H groups in total. The van der Waals surface area contributed by atoms with Gasteiger partial charge in [-0.3, -0.25) is 4.79 Å². The zero-order valence-corrected chi connectivity index (χ0v) is 19.6. The van der Waals surface area contributed by atoms with Crippen LogP contribution in [0, 0.1) is 11.8 Å². The molecule has 2 heterocycles. The fourth-order valence-corrected chi connectivity index (χ4v) is 5.05. The summed E-state index contributed by atoms with van der Waals surface area (Å²) < 4.78 is 0. The maximum absolute atomic E-state index is 11.4. The lowest BCUT2D eigenvalue weighted by Gasteiger charge is -2.42. The lowest BCUT2D eigenvalue weighted by molar-refractivity contribution is -0.141. The van der Waals surface area contributed by atoms with E-state index in [1.165, 1.54) is 0 Å². The highest BCUT2D eigenvalue weighted by atomic mass is 35.5. The first kappa shape index (κ1) is 25.0. The third-order valence-electron chi connectivity index (χ3n) is 6.68. The van der Waals surface area contributed by atoms with Gasteiger partial charge in [-0.1, -0.05) is 36.4 Å². The number of tetrazole rings is 1. The minimum absolute atomic E-state index is 0. The molecule has 33 heavy (non-hydrogen) atoms. The van der Waals surface area contributed by atoms with Crippen LogP contribution < -0.4 is 10.6 Å². The van der Waals surface area contributed by atoms with E-state index in [-0.39, 0.29) is 30.9 Å². The fourth-order valence-electron chi connectivity index (χ4n) is 5.05. The Morgan fingerprint density at radius 1 is 1.00 bits per heavy atom. The molecule has 1 saturated heterocycles. The van der Waals surface area contributed by atoms with Gasteiger partial charge in [0.1, 0.15) is 6.04 Å². The van der Waals surface area contributed by atoms with Crippen LogP contribution in [-0.2, 0) is 4.79 Å². The van der Waals surface area contributed by atoms with Crippen molar-refractivity contribution in [1.82, 2.24) is 25.9 Å². The van der Waals surface area contributed by atoms with Crippen LogP contribution in [0.4, 0.5) is 5.69 Å². The lowest BCUT2D eigenvalue weighted by atomic mass is 9.72. The molecule has 2 fully saturated rings. The van der Waals surface area contributed by atoms with Gasteiger partial charge in [0.2, 0.25) is 5.82 Å². The van der Waals surface area contributed by atoms with Gasteiger partial charge in [-0.2, -0.15) is 5.21 Å². The Bertz CT molecular complexity index is 1050. The zero-order chi connectivity index (χ0) is 21.2.